The van der Waals surface area contributed by atoms with Crippen LogP contribution in [-0.2, 0) is 0 Å². The van der Waals surface area contributed by atoms with Crippen LogP contribution < -0.4 is 5.32 Å². The number of rotatable bonds is 10. The van der Waals surface area contributed by atoms with E-state index in [1.54, 1.807) is 0 Å². The molecule has 2 heteroatoms. The van der Waals surface area contributed by atoms with Gasteiger partial charge in [-0.1, -0.05) is 59.3 Å². The molecule has 1 saturated carbocycles. The second-order valence-electron chi connectivity index (χ2n) is 7.76. The Labute approximate surface area is 133 Å². The van der Waals surface area contributed by atoms with Gasteiger partial charge in [-0.15, -0.1) is 0 Å². The summed E-state index contributed by atoms with van der Waals surface area (Å²) in [6, 6.07) is 0.291. The van der Waals surface area contributed by atoms with Crippen LogP contribution in [0, 0.1) is 11.8 Å². The monoisotopic (exact) mass is 297 g/mol. The molecule has 3 unspecified atom stereocenters. The topological polar surface area (TPSA) is 32.3 Å². The number of hydrogen-bond acceptors (Lipinski definition) is 2. The van der Waals surface area contributed by atoms with Crippen LogP contribution in [0.3, 0.4) is 0 Å². The van der Waals surface area contributed by atoms with Crippen LogP contribution in [0.2, 0.25) is 0 Å². The van der Waals surface area contributed by atoms with E-state index in [0.29, 0.717) is 6.04 Å². The van der Waals surface area contributed by atoms with E-state index < -0.39 is 5.60 Å². The standard InChI is InChI=1S/C19H39NO/c1-5-6-7-8-9-10-11-14-20-18-15-17(16(2)3)12-13-19(18,4)21/h16-18,20-21H,5-15H2,1-4H3. The minimum absolute atomic E-state index is 0.291. The van der Waals surface area contributed by atoms with Crippen LogP contribution in [-0.4, -0.2) is 23.3 Å². The summed E-state index contributed by atoms with van der Waals surface area (Å²) in [6.07, 6.45) is 12.7. The van der Waals surface area contributed by atoms with Crippen molar-refractivity contribution in [2.24, 2.45) is 11.8 Å². The van der Waals surface area contributed by atoms with Gasteiger partial charge in [0.05, 0.1) is 5.60 Å². The second kappa shape index (κ2) is 9.84. The molecular weight excluding hydrogens is 258 g/mol. The van der Waals surface area contributed by atoms with Crippen molar-refractivity contribution in [1.82, 2.24) is 5.32 Å². The maximum atomic E-state index is 10.6. The zero-order valence-electron chi connectivity index (χ0n) is 15.0. The fraction of sp³-hybridized carbons (Fsp3) is 1.00. The zero-order chi connectivity index (χ0) is 15.7. The van der Waals surface area contributed by atoms with Gasteiger partial charge >= 0.3 is 0 Å². The first-order chi connectivity index (χ1) is 9.97. The average Bonchev–Trinajstić information content (AvgIpc) is 2.42. The van der Waals surface area contributed by atoms with Crippen molar-refractivity contribution in [2.75, 3.05) is 6.54 Å². The quantitative estimate of drug-likeness (QED) is 0.562. The van der Waals surface area contributed by atoms with Gasteiger partial charge in [0.15, 0.2) is 0 Å². The number of hydrogen-bond donors (Lipinski definition) is 2. The molecule has 0 heterocycles. The highest BCUT2D eigenvalue weighted by Gasteiger charge is 2.38. The molecule has 2 nitrogen and oxygen atoms in total. The van der Waals surface area contributed by atoms with Gasteiger partial charge in [0.2, 0.25) is 0 Å². The van der Waals surface area contributed by atoms with Crippen molar-refractivity contribution in [1.29, 1.82) is 0 Å². The Bertz CT molecular complexity index is 262. The summed E-state index contributed by atoms with van der Waals surface area (Å²) < 4.78 is 0. The van der Waals surface area contributed by atoms with Gasteiger partial charge < -0.3 is 10.4 Å². The zero-order valence-corrected chi connectivity index (χ0v) is 15.0. The molecule has 1 aliphatic rings. The van der Waals surface area contributed by atoms with Crippen molar-refractivity contribution < 1.29 is 5.11 Å². The van der Waals surface area contributed by atoms with Gasteiger partial charge in [-0.05, 0) is 51.0 Å². The molecular formula is C19H39NO. The third kappa shape index (κ3) is 7.15. The van der Waals surface area contributed by atoms with Crippen LogP contribution in [0.5, 0.6) is 0 Å². The molecule has 2 N–H and O–H groups in total. The molecule has 21 heavy (non-hydrogen) atoms. The molecule has 1 aliphatic carbocycles. The first-order valence-electron chi connectivity index (χ1n) is 9.43. The van der Waals surface area contributed by atoms with E-state index in [4.69, 9.17) is 0 Å². The fourth-order valence-electron chi connectivity index (χ4n) is 3.59. The number of aliphatic hydroxyl groups is 1. The van der Waals surface area contributed by atoms with Gasteiger partial charge in [-0.3, -0.25) is 0 Å². The molecule has 126 valence electrons. The Morgan fingerprint density at radius 1 is 1.10 bits per heavy atom. The lowest BCUT2D eigenvalue weighted by Gasteiger charge is -2.42. The maximum absolute atomic E-state index is 10.6. The lowest BCUT2D eigenvalue weighted by Crippen LogP contribution is -2.53. The molecule has 1 rings (SSSR count). The van der Waals surface area contributed by atoms with Crippen molar-refractivity contribution in [3.05, 3.63) is 0 Å². The molecule has 0 aromatic carbocycles. The Morgan fingerprint density at radius 2 is 1.71 bits per heavy atom. The highest BCUT2D eigenvalue weighted by Crippen LogP contribution is 2.35. The van der Waals surface area contributed by atoms with E-state index in [1.165, 1.54) is 51.4 Å². The molecule has 0 radical (unpaired) electrons. The van der Waals surface area contributed by atoms with Gasteiger partial charge in [0.1, 0.15) is 0 Å². The average molecular weight is 298 g/mol. The van der Waals surface area contributed by atoms with Crippen molar-refractivity contribution in [2.45, 2.75) is 104 Å². The predicted octanol–water partition coefficient (Wildman–Crippen LogP) is 4.90. The summed E-state index contributed by atoms with van der Waals surface area (Å²) in [5, 5.41) is 14.2. The minimum Gasteiger partial charge on any atom is -0.389 e. The molecule has 0 spiro atoms. The van der Waals surface area contributed by atoms with Crippen LogP contribution >= 0.6 is 0 Å². The highest BCUT2D eigenvalue weighted by atomic mass is 16.3. The van der Waals surface area contributed by atoms with Gasteiger partial charge in [0.25, 0.3) is 0 Å². The van der Waals surface area contributed by atoms with Gasteiger partial charge in [0, 0.05) is 6.04 Å². The Morgan fingerprint density at radius 3 is 2.33 bits per heavy atom. The van der Waals surface area contributed by atoms with Gasteiger partial charge in [-0.25, -0.2) is 0 Å². The van der Waals surface area contributed by atoms with Crippen LogP contribution in [0.25, 0.3) is 0 Å². The third-order valence-corrected chi connectivity index (χ3v) is 5.42. The van der Waals surface area contributed by atoms with Crippen LogP contribution in [0.1, 0.15) is 91.9 Å². The highest BCUT2D eigenvalue weighted by molar-refractivity contribution is 4.94. The van der Waals surface area contributed by atoms with Crippen LogP contribution in [0.15, 0.2) is 0 Å². The molecule has 0 saturated heterocycles. The van der Waals surface area contributed by atoms with E-state index in [2.05, 4.69) is 26.1 Å². The molecule has 0 amide bonds. The summed E-state index contributed by atoms with van der Waals surface area (Å²) in [6.45, 7) is 9.99. The molecule has 3 atom stereocenters. The lowest BCUT2D eigenvalue weighted by molar-refractivity contribution is -0.0302. The molecule has 0 bridgehead atoms. The fourth-order valence-corrected chi connectivity index (χ4v) is 3.59. The van der Waals surface area contributed by atoms with E-state index in [-0.39, 0.29) is 0 Å². The summed E-state index contributed by atoms with van der Waals surface area (Å²) in [5.41, 5.74) is -0.507. The second-order valence-corrected chi connectivity index (χ2v) is 7.76. The van der Waals surface area contributed by atoms with E-state index in [1.807, 2.05) is 6.92 Å². The Hall–Kier alpha value is -0.0800. The summed E-state index contributed by atoms with van der Waals surface area (Å²) >= 11 is 0. The van der Waals surface area contributed by atoms with E-state index >= 15 is 0 Å². The van der Waals surface area contributed by atoms with Crippen molar-refractivity contribution in [3.63, 3.8) is 0 Å². The largest absolute Gasteiger partial charge is 0.389 e. The maximum Gasteiger partial charge on any atom is 0.0772 e. The third-order valence-electron chi connectivity index (χ3n) is 5.42. The molecule has 0 aliphatic heterocycles. The van der Waals surface area contributed by atoms with Crippen molar-refractivity contribution in [3.8, 4) is 0 Å². The molecule has 0 aromatic rings. The minimum atomic E-state index is -0.507. The summed E-state index contributed by atoms with van der Waals surface area (Å²) in [4.78, 5) is 0. The lowest BCUT2D eigenvalue weighted by atomic mass is 9.72. The summed E-state index contributed by atoms with van der Waals surface area (Å²) in [7, 11) is 0. The van der Waals surface area contributed by atoms with Crippen molar-refractivity contribution >= 4 is 0 Å². The SMILES string of the molecule is CCCCCCCCCNC1CC(C(C)C)CCC1(C)O. The number of unbranched alkanes of at least 4 members (excludes halogenated alkanes) is 6. The first-order valence-corrected chi connectivity index (χ1v) is 9.43. The van der Waals surface area contributed by atoms with Crippen LogP contribution in [0.4, 0.5) is 0 Å². The van der Waals surface area contributed by atoms with Gasteiger partial charge in [-0.2, -0.15) is 0 Å². The van der Waals surface area contributed by atoms with E-state index in [0.717, 1.165) is 31.2 Å². The molecule has 0 aromatic heterocycles. The predicted molar refractivity (Wildman–Crippen MR) is 92.6 cm³/mol. The number of nitrogens with one attached hydrogen (secondary N) is 1. The smallest absolute Gasteiger partial charge is 0.0772 e. The molecule has 1 fully saturated rings. The first kappa shape index (κ1) is 19.0. The Balaban J connectivity index is 2.16. The summed E-state index contributed by atoms with van der Waals surface area (Å²) in [5.74, 6) is 1.51. The Kier molecular flexibility index (Phi) is 8.89. The van der Waals surface area contributed by atoms with E-state index in [9.17, 15) is 5.11 Å². The normalized spacial score (nSPS) is 30.0.